The lowest BCUT2D eigenvalue weighted by Crippen LogP contribution is -2.50. The van der Waals surface area contributed by atoms with Crippen LogP contribution in [0.5, 0.6) is 0 Å². The number of nitrogens with zero attached hydrogens (tertiary/aromatic N) is 8. The topological polar surface area (TPSA) is 150 Å². The normalized spacial score (nSPS) is 18.0. The number of hydrogen-bond acceptors (Lipinski definition) is 11. The average Bonchev–Trinajstić information content (AvgIpc) is 3.19. The quantitative estimate of drug-likeness (QED) is 0.462. The number of piperazine rings is 1. The van der Waals surface area contributed by atoms with E-state index in [1.165, 1.54) is 12.8 Å². The third-order valence-electron chi connectivity index (χ3n) is 6.74. The zero-order valence-corrected chi connectivity index (χ0v) is 20.1. The minimum atomic E-state index is -0.725. The molecule has 0 aliphatic carbocycles. The Bertz CT molecular complexity index is 1270. The maximum atomic E-state index is 12.6. The summed E-state index contributed by atoms with van der Waals surface area (Å²) in [5.41, 5.74) is 0.856. The van der Waals surface area contributed by atoms with Crippen LogP contribution in [0.1, 0.15) is 32.1 Å². The lowest BCUT2D eigenvalue weighted by molar-refractivity contribution is 0.00425. The number of anilines is 4. The van der Waals surface area contributed by atoms with Gasteiger partial charge in [0, 0.05) is 39.3 Å². The molecule has 12 heteroatoms. The number of aromatic amines is 1. The Morgan fingerprint density at radius 3 is 2.50 bits per heavy atom. The Kier molecular flexibility index (Phi) is 7.20. The van der Waals surface area contributed by atoms with Gasteiger partial charge in [0.25, 0.3) is 5.56 Å². The number of nitriles is 1. The third kappa shape index (κ3) is 5.22. The van der Waals surface area contributed by atoms with Crippen molar-refractivity contribution in [2.24, 2.45) is 0 Å². The van der Waals surface area contributed by atoms with E-state index < -0.39 is 6.23 Å². The number of nitrogens with one attached hydrogen (secondary N) is 2. The highest BCUT2D eigenvalue weighted by Crippen LogP contribution is 2.26. The van der Waals surface area contributed by atoms with Crippen molar-refractivity contribution in [1.82, 2.24) is 30.0 Å². The number of aliphatic hydroxyl groups excluding tert-OH is 1. The molecular formula is C24H30N10O2. The summed E-state index contributed by atoms with van der Waals surface area (Å²) in [6, 6.07) is 5.85. The molecule has 0 bridgehead atoms. The maximum Gasteiger partial charge on any atom is 0.277 e. The molecule has 0 spiro atoms. The van der Waals surface area contributed by atoms with Gasteiger partial charge in [-0.05, 0) is 25.0 Å². The second-order valence-corrected chi connectivity index (χ2v) is 9.13. The molecule has 1 atom stereocenters. The van der Waals surface area contributed by atoms with Crippen molar-refractivity contribution in [3.63, 3.8) is 0 Å². The zero-order valence-electron chi connectivity index (χ0n) is 20.1. The van der Waals surface area contributed by atoms with Crippen LogP contribution >= 0.6 is 0 Å². The van der Waals surface area contributed by atoms with Gasteiger partial charge < -0.3 is 20.2 Å². The summed E-state index contributed by atoms with van der Waals surface area (Å²) >= 11 is 0. The molecule has 5 rings (SSSR count). The number of hydrogen-bond donors (Lipinski definition) is 3. The lowest BCUT2D eigenvalue weighted by Gasteiger charge is -2.37. The van der Waals surface area contributed by atoms with E-state index in [-0.39, 0.29) is 12.0 Å². The van der Waals surface area contributed by atoms with Gasteiger partial charge in [-0.25, -0.2) is 15.1 Å². The fraction of sp³-hybridized carbons (Fsp3) is 0.500. The molecule has 5 heterocycles. The summed E-state index contributed by atoms with van der Waals surface area (Å²) in [7, 11) is 0. The number of aliphatic hydroxyl groups is 1. The van der Waals surface area contributed by atoms with Gasteiger partial charge in [-0.2, -0.15) is 15.3 Å². The summed E-state index contributed by atoms with van der Waals surface area (Å²) in [6.07, 6.45) is 7.24. The molecule has 0 aromatic carbocycles. The molecule has 3 aromatic rings. The molecule has 0 radical (unpaired) electrons. The second kappa shape index (κ2) is 10.8. The first-order valence-corrected chi connectivity index (χ1v) is 12.4. The minimum Gasteiger partial charge on any atom is -0.377 e. The number of aromatic nitrogens is 5. The average molecular weight is 491 g/mol. The van der Waals surface area contributed by atoms with Gasteiger partial charge in [0.1, 0.15) is 28.8 Å². The SMILES string of the molecule is N#CCC(O)N1CCN(c2ccc(Nc3nc(N4CCCCCC4)nc4cn[nH]c(=O)c34)cn2)CC1. The van der Waals surface area contributed by atoms with Crippen LogP contribution in [0.2, 0.25) is 0 Å². The molecule has 2 saturated heterocycles. The molecule has 3 aromatic heterocycles. The van der Waals surface area contributed by atoms with E-state index in [0.29, 0.717) is 54.5 Å². The first-order valence-electron chi connectivity index (χ1n) is 12.4. The molecule has 0 saturated carbocycles. The van der Waals surface area contributed by atoms with E-state index in [9.17, 15) is 9.90 Å². The van der Waals surface area contributed by atoms with Crippen molar-refractivity contribution in [2.75, 3.05) is 54.4 Å². The highest BCUT2D eigenvalue weighted by molar-refractivity contribution is 5.90. The molecule has 3 N–H and O–H groups in total. The van der Waals surface area contributed by atoms with Gasteiger partial charge in [-0.15, -0.1) is 0 Å². The largest absolute Gasteiger partial charge is 0.377 e. The summed E-state index contributed by atoms with van der Waals surface area (Å²) in [5, 5.41) is 28.9. The lowest BCUT2D eigenvalue weighted by atomic mass is 10.2. The van der Waals surface area contributed by atoms with E-state index in [1.54, 1.807) is 12.4 Å². The van der Waals surface area contributed by atoms with Crippen molar-refractivity contribution in [3.05, 3.63) is 34.9 Å². The van der Waals surface area contributed by atoms with Gasteiger partial charge in [-0.1, -0.05) is 12.8 Å². The smallest absolute Gasteiger partial charge is 0.277 e. The van der Waals surface area contributed by atoms with E-state index in [2.05, 4.69) is 35.3 Å². The first-order chi connectivity index (χ1) is 17.6. The van der Waals surface area contributed by atoms with Crippen LogP contribution in [0.15, 0.2) is 29.3 Å². The molecular weight excluding hydrogens is 460 g/mol. The highest BCUT2D eigenvalue weighted by atomic mass is 16.3. The van der Waals surface area contributed by atoms with Crippen LogP contribution in [0.4, 0.5) is 23.3 Å². The van der Waals surface area contributed by atoms with Crippen molar-refractivity contribution in [3.8, 4) is 6.07 Å². The standard InChI is InChI=1S/C24H30N10O2/c25-8-7-20(35)33-13-11-32(12-14-33)19-6-5-17(15-26-19)28-22-21-18(16-27-31-23(21)36)29-24(30-22)34-9-3-1-2-4-10-34/h5-6,15-16,20,35H,1-4,7,9-14H2,(H,31,36)(H,28,29,30). The van der Waals surface area contributed by atoms with Crippen LogP contribution < -0.4 is 20.7 Å². The number of rotatable bonds is 6. The van der Waals surface area contributed by atoms with E-state index in [4.69, 9.17) is 10.2 Å². The van der Waals surface area contributed by atoms with Crippen LogP contribution in [0, 0.1) is 11.3 Å². The van der Waals surface area contributed by atoms with Gasteiger partial charge in [-0.3, -0.25) is 9.69 Å². The summed E-state index contributed by atoms with van der Waals surface area (Å²) in [5.74, 6) is 1.85. The van der Waals surface area contributed by atoms with Crippen molar-refractivity contribution in [1.29, 1.82) is 5.26 Å². The van der Waals surface area contributed by atoms with E-state index in [1.807, 2.05) is 23.1 Å². The van der Waals surface area contributed by atoms with Crippen molar-refractivity contribution < 1.29 is 5.11 Å². The molecule has 0 amide bonds. The van der Waals surface area contributed by atoms with Crippen molar-refractivity contribution >= 4 is 34.2 Å². The summed E-state index contributed by atoms with van der Waals surface area (Å²) < 4.78 is 0. The maximum absolute atomic E-state index is 12.6. The minimum absolute atomic E-state index is 0.106. The van der Waals surface area contributed by atoms with Gasteiger partial charge in [0.2, 0.25) is 5.95 Å². The van der Waals surface area contributed by atoms with Crippen molar-refractivity contribution in [2.45, 2.75) is 38.3 Å². The highest BCUT2D eigenvalue weighted by Gasteiger charge is 2.23. The van der Waals surface area contributed by atoms with Crippen LogP contribution in [-0.2, 0) is 0 Å². The predicted octanol–water partition coefficient (Wildman–Crippen LogP) is 1.59. The fourth-order valence-corrected chi connectivity index (χ4v) is 4.74. The third-order valence-corrected chi connectivity index (χ3v) is 6.74. The number of fused-ring (bicyclic) bond motifs is 1. The Labute approximate surface area is 208 Å². The molecule has 2 aliphatic heterocycles. The zero-order chi connectivity index (χ0) is 24.9. The Morgan fingerprint density at radius 2 is 1.81 bits per heavy atom. The summed E-state index contributed by atoms with van der Waals surface area (Å²) in [4.78, 5) is 32.8. The molecule has 2 fully saturated rings. The van der Waals surface area contributed by atoms with Crippen LogP contribution in [-0.4, -0.2) is 80.7 Å². The Balaban J connectivity index is 1.34. The second-order valence-electron chi connectivity index (χ2n) is 9.13. The van der Waals surface area contributed by atoms with Gasteiger partial charge in [0.15, 0.2) is 0 Å². The van der Waals surface area contributed by atoms with Crippen LogP contribution in [0.25, 0.3) is 10.9 Å². The fourth-order valence-electron chi connectivity index (χ4n) is 4.74. The molecule has 2 aliphatic rings. The van der Waals surface area contributed by atoms with Gasteiger partial charge in [0.05, 0.1) is 30.6 Å². The van der Waals surface area contributed by atoms with Gasteiger partial charge >= 0.3 is 0 Å². The number of H-pyrrole nitrogens is 1. The molecule has 188 valence electrons. The molecule has 1 unspecified atom stereocenters. The van der Waals surface area contributed by atoms with Crippen LogP contribution in [0.3, 0.4) is 0 Å². The predicted molar refractivity (Wildman–Crippen MR) is 136 cm³/mol. The van der Waals surface area contributed by atoms with E-state index >= 15 is 0 Å². The number of pyridine rings is 1. The molecule has 12 nitrogen and oxygen atoms in total. The first kappa shape index (κ1) is 23.9. The summed E-state index contributed by atoms with van der Waals surface area (Å²) in [6.45, 7) is 4.51. The van der Waals surface area contributed by atoms with E-state index in [0.717, 1.165) is 31.7 Å². The monoisotopic (exact) mass is 490 g/mol. The molecule has 36 heavy (non-hydrogen) atoms. The Hall–Kier alpha value is -3.82. The Morgan fingerprint density at radius 1 is 1.03 bits per heavy atom.